The second-order valence-electron chi connectivity index (χ2n) is 6.34. The summed E-state index contributed by atoms with van der Waals surface area (Å²) in [7, 11) is 0. The third-order valence-corrected chi connectivity index (χ3v) is 4.68. The first-order chi connectivity index (χ1) is 12.2. The summed E-state index contributed by atoms with van der Waals surface area (Å²) in [5.41, 5.74) is 2.00. The number of rotatable bonds is 4. The van der Waals surface area contributed by atoms with E-state index in [0.29, 0.717) is 11.8 Å². The lowest BCUT2D eigenvalue weighted by Crippen LogP contribution is -2.40. The molecule has 7 heteroatoms. The Morgan fingerprint density at radius 2 is 1.96 bits per heavy atom. The highest BCUT2D eigenvalue weighted by molar-refractivity contribution is 5.49. The van der Waals surface area contributed by atoms with Gasteiger partial charge in [-0.3, -0.25) is 0 Å². The molecular formula is C18H21FN6. The fourth-order valence-corrected chi connectivity index (χ4v) is 3.29. The largest absolute Gasteiger partial charge is 0.382 e. The van der Waals surface area contributed by atoms with Crippen molar-refractivity contribution in [1.29, 1.82) is 0 Å². The monoisotopic (exact) mass is 340 g/mol. The predicted octanol–water partition coefficient (Wildman–Crippen LogP) is 2.91. The number of halogens is 1. The number of aryl methyl sites for hydroxylation is 1. The Bertz CT molecular complexity index is 852. The molecule has 25 heavy (non-hydrogen) atoms. The van der Waals surface area contributed by atoms with Gasteiger partial charge >= 0.3 is 0 Å². The minimum Gasteiger partial charge on any atom is -0.382 e. The van der Waals surface area contributed by atoms with Gasteiger partial charge in [-0.15, -0.1) is 0 Å². The molecule has 1 aromatic carbocycles. The molecule has 1 N–H and O–H groups in total. The number of nitrogens with zero attached hydrogens (tertiary/aromatic N) is 5. The van der Waals surface area contributed by atoms with Crippen LogP contribution in [-0.4, -0.2) is 38.7 Å². The maximum atomic E-state index is 13.0. The normalized spacial score (nSPS) is 15.7. The summed E-state index contributed by atoms with van der Waals surface area (Å²) in [6.45, 7) is 3.96. The summed E-state index contributed by atoms with van der Waals surface area (Å²) in [5.74, 6) is 1.50. The quantitative estimate of drug-likeness (QED) is 0.791. The van der Waals surface area contributed by atoms with Crippen LogP contribution in [-0.2, 0) is 6.42 Å². The topological polar surface area (TPSA) is 58.4 Å². The van der Waals surface area contributed by atoms with Crippen LogP contribution in [0.3, 0.4) is 0 Å². The minimum atomic E-state index is -0.207. The number of fused-ring (bicyclic) bond motifs is 1. The molecule has 1 aliphatic heterocycles. The van der Waals surface area contributed by atoms with Crippen LogP contribution in [0.15, 0.2) is 36.7 Å². The van der Waals surface area contributed by atoms with Gasteiger partial charge in [0.1, 0.15) is 18.0 Å². The number of anilines is 2. The van der Waals surface area contributed by atoms with Gasteiger partial charge in [0.2, 0.25) is 0 Å². The molecule has 0 bridgehead atoms. The standard InChI is InChI=1S/C18H21FN6/c1-2-14-11-17(25-18(23-14)20-12-21-25)24-9-7-16(8-10-24)22-15-5-3-13(19)4-6-15/h3-6,11-12,16,22H,2,7-10H2,1H3. The van der Waals surface area contributed by atoms with Crippen LogP contribution in [0, 0.1) is 5.82 Å². The Balaban J connectivity index is 1.46. The van der Waals surface area contributed by atoms with E-state index in [1.165, 1.54) is 12.1 Å². The average molecular weight is 340 g/mol. The fourth-order valence-electron chi connectivity index (χ4n) is 3.29. The lowest BCUT2D eigenvalue weighted by Gasteiger charge is -2.34. The van der Waals surface area contributed by atoms with E-state index in [4.69, 9.17) is 0 Å². The summed E-state index contributed by atoms with van der Waals surface area (Å²) < 4.78 is 14.8. The van der Waals surface area contributed by atoms with Crippen molar-refractivity contribution in [2.24, 2.45) is 0 Å². The Labute approximate surface area is 145 Å². The number of piperidine rings is 1. The number of hydrogen-bond acceptors (Lipinski definition) is 5. The molecule has 3 heterocycles. The van der Waals surface area contributed by atoms with E-state index in [0.717, 1.165) is 49.6 Å². The van der Waals surface area contributed by atoms with E-state index < -0.39 is 0 Å². The van der Waals surface area contributed by atoms with Crippen LogP contribution < -0.4 is 10.2 Å². The smallest absolute Gasteiger partial charge is 0.254 e. The van der Waals surface area contributed by atoms with Crippen LogP contribution in [0.5, 0.6) is 0 Å². The molecule has 0 spiro atoms. The molecule has 1 fully saturated rings. The molecule has 0 radical (unpaired) electrons. The van der Waals surface area contributed by atoms with E-state index in [1.807, 2.05) is 4.52 Å². The first-order valence-electron chi connectivity index (χ1n) is 8.69. The third kappa shape index (κ3) is 3.26. The van der Waals surface area contributed by atoms with E-state index in [2.05, 4.69) is 38.3 Å². The van der Waals surface area contributed by atoms with Crippen LogP contribution in [0.1, 0.15) is 25.5 Å². The third-order valence-electron chi connectivity index (χ3n) is 4.68. The van der Waals surface area contributed by atoms with Crippen molar-refractivity contribution < 1.29 is 4.39 Å². The number of nitrogens with one attached hydrogen (secondary N) is 1. The second-order valence-corrected chi connectivity index (χ2v) is 6.34. The molecule has 0 atom stereocenters. The summed E-state index contributed by atoms with van der Waals surface area (Å²) in [4.78, 5) is 11.1. The van der Waals surface area contributed by atoms with E-state index >= 15 is 0 Å². The molecule has 0 amide bonds. The highest BCUT2D eigenvalue weighted by Gasteiger charge is 2.22. The Morgan fingerprint density at radius 1 is 1.20 bits per heavy atom. The van der Waals surface area contributed by atoms with Gasteiger partial charge in [-0.05, 0) is 43.5 Å². The molecule has 0 saturated carbocycles. The molecule has 3 aromatic rings. The molecule has 2 aromatic heterocycles. The fraction of sp³-hybridized carbons (Fsp3) is 0.389. The summed E-state index contributed by atoms with van der Waals surface area (Å²) in [6.07, 6.45) is 4.45. The van der Waals surface area contributed by atoms with Crippen molar-refractivity contribution >= 4 is 17.3 Å². The number of benzene rings is 1. The van der Waals surface area contributed by atoms with E-state index in [1.54, 1.807) is 18.5 Å². The molecule has 130 valence electrons. The van der Waals surface area contributed by atoms with Crippen LogP contribution in [0.4, 0.5) is 15.9 Å². The van der Waals surface area contributed by atoms with Crippen molar-refractivity contribution in [3.05, 3.63) is 48.2 Å². The van der Waals surface area contributed by atoms with Crippen molar-refractivity contribution in [2.45, 2.75) is 32.2 Å². The van der Waals surface area contributed by atoms with Crippen molar-refractivity contribution in [1.82, 2.24) is 19.6 Å². The minimum absolute atomic E-state index is 0.207. The molecule has 4 rings (SSSR count). The average Bonchev–Trinajstić information content (AvgIpc) is 3.12. The molecule has 0 unspecified atom stereocenters. The van der Waals surface area contributed by atoms with Crippen molar-refractivity contribution in [3.63, 3.8) is 0 Å². The van der Waals surface area contributed by atoms with Gasteiger partial charge in [0.05, 0.1) is 0 Å². The first-order valence-corrected chi connectivity index (χ1v) is 8.69. The molecule has 1 saturated heterocycles. The first kappa shape index (κ1) is 15.8. The van der Waals surface area contributed by atoms with Gasteiger partial charge in [-0.2, -0.15) is 14.6 Å². The molecule has 0 aliphatic carbocycles. The zero-order valence-corrected chi connectivity index (χ0v) is 14.2. The maximum Gasteiger partial charge on any atom is 0.254 e. The number of hydrogen-bond donors (Lipinski definition) is 1. The SMILES string of the molecule is CCc1cc(N2CCC(Nc3ccc(F)cc3)CC2)n2ncnc2n1. The van der Waals surface area contributed by atoms with Gasteiger partial charge in [0.15, 0.2) is 0 Å². The lowest BCUT2D eigenvalue weighted by atomic mass is 10.0. The summed E-state index contributed by atoms with van der Waals surface area (Å²) in [5, 5.41) is 7.81. The molecule has 1 aliphatic rings. The van der Waals surface area contributed by atoms with Gasteiger partial charge in [0, 0.05) is 36.6 Å². The lowest BCUT2D eigenvalue weighted by molar-refractivity contribution is 0.520. The van der Waals surface area contributed by atoms with Crippen molar-refractivity contribution in [2.75, 3.05) is 23.3 Å². The molecule has 6 nitrogen and oxygen atoms in total. The Hall–Kier alpha value is -2.70. The zero-order valence-electron chi connectivity index (χ0n) is 14.2. The van der Waals surface area contributed by atoms with Gasteiger partial charge in [0.25, 0.3) is 5.78 Å². The van der Waals surface area contributed by atoms with E-state index in [9.17, 15) is 4.39 Å². The van der Waals surface area contributed by atoms with Gasteiger partial charge < -0.3 is 10.2 Å². The van der Waals surface area contributed by atoms with Crippen LogP contribution in [0.2, 0.25) is 0 Å². The Morgan fingerprint density at radius 3 is 2.68 bits per heavy atom. The predicted molar refractivity (Wildman–Crippen MR) is 95.4 cm³/mol. The van der Waals surface area contributed by atoms with E-state index in [-0.39, 0.29) is 5.82 Å². The second kappa shape index (κ2) is 6.66. The van der Waals surface area contributed by atoms with Gasteiger partial charge in [-0.1, -0.05) is 6.92 Å². The summed E-state index contributed by atoms with van der Waals surface area (Å²) >= 11 is 0. The maximum absolute atomic E-state index is 13.0. The Kier molecular flexibility index (Phi) is 4.21. The zero-order chi connectivity index (χ0) is 17.2. The van der Waals surface area contributed by atoms with Crippen LogP contribution in [0.25, 0.3) is 5.78 Å². The molecular weight excluding hydrogens is 319 g/mol. The highest BCUT2D eigenvalue weighted by Crippen LogP contribution is 2.23. The summed E-state index contributed by atoms with van der Waals surface area (Å²) in [6, 6.07) is 9.05. The highest BCUT2D eigenvalue weighted by atomic mass is 19.1. The number of aromatic nitrogens is 4. The van der Waals surface area contributed by atoms with Gasteiger partial charge in [-0.25, -0.2) is 9.37 Å². The van der Waals surface area contributed by atoms with Crippen molar-refractivity contribution in [3.8, 4) is 0 Å². The van der Waals surface area contributed by atoms with Crippen LogP contribution >= 0.6 is 0 Å².